The number of aromatic nitrogens is 1. The molecular weight excluding hydrogens is 390 g/mol. The normalized spacial score (nSPS) is 18.7. The summed E-state index contributed by atoms with van der Waals surface area (Å²) >= 11 is 0. The summed E-state index contributed by atoms with van der Waals surface area (Å²) in [4.78, 5) is 32.2. The molecule has 1 aliphatic rings. The minimum absolute atomic E-state index is 0.150. The van der Waals surface area contributed by atoms with Crippen LogP contribution in [-0.4, -0.2) is 34.0 Å². The number of pyridine rings is 1. The second-order valence-electron chi connectivity index (χ2n) is 8.83. The maximum atomic E-state index is 13.3. The Bertz CT molecular complexity index is 1090. The molecule has 2 aromatic carbocycles. The molecule has 31 heavy (non-hydrogen) atoms. The van der Waals surface area contributed by atoms with Gasteiger partial charge in [-0.25, -0.2) is 9.78 Å². The lowest BCUT2D eigenvalue weighted by Crippen LogP contribution is -2.38. The molecule has 1 aliphatic heterocycles. The average molecular weight is 418 g/mol. The number of fused-ring (bicyclic) bond motifs is 1. The highest BCUT2D eigenvalue weighted by atomic mass is 16.6. The Morgan fingerprint density at radius 1 is 1.03 bits per heavy atom. The number of carbonyl (C=O) groups excluding carboxylic acids is 2. The van der Waals surface area contributed by atoms with E-state index < -0.39 is 23.7 Å². The van der Waals surface area contributed by atoms with Crippen LogP contribution in [0, 0.1) is 5.92 Å². The van der Waals surface area contributed by atoms with Crippen molar-refractivity contribution in [1.29, 1.82) is 0 Å². The Labute approximate surface area is 182 Å². The summed E-state index contributed by atoms with van der Waals surface area (Å²) in [6, 6.07) is 19.0. The van der Waals surface area contributed by atoms with Gasteiger partial charge >= 0.3 is 6.09 Å². The first-order chi connectivity index (χ1) is 14.8. The Kier molecular flexibility index (Phi) is 5.63. The molecular formula is C25H27N3O3. The zero-order valence-electron chi connectivity index (χ0n) is 18.0. The second kappa shape index (κ2) is 8.38. The summed E-state index contributed by atoms with van der Waals surface area (Å²) in [6.45, 7) is 5.98. The van der Waals surface area contributed by atoms with E-state index in [1.165, 1.54) is 0 Å². The van der Waals surface area contributed by atoms with Crippen LogP contribution in [0.2, 0.25) is 0 Å². The van der Waals surface area contributed by atoms with Gasteiger partial charge in [0.15, 0.2) is 0 Å². The van der Waals surface area contributed by atoms with Crippen molar-refractivity contribution in [2.24, 2.45) is 5.92 Å². The number of likely N-dealkylation sites (tertiary alicyclic amines) is 1. The number of nitrogens with one attached hydrogen (secondary N) is 1. The van der Waals surface area contributed by atoms with E-state index in [0.29, 0.717) is 18.8 Å². The van der Waals surface area contributed by atoms with Crippen molar-refractivity contribution in [2.75, 3.05) is 11.9 Å². The molecule has 1 saturated heterocycles. The third-order valence-corrected chi connectivity index (χ3v) is 5.39. The van der Waals surface area contributed by atoms with Gasteiger partial charge in [0, 0.05) is 18.1 Å². The standard InChI is InChI=1S/C25H27N3O3/c1-25(2,3)31-24(30)28-14-13-20(22(28)17-9-5-4-6-10-17)23(29)27-21-15-18-11-7-8-12-19(18)16-26-21/h4-12,15-16,20,22H,13-14H2,1-3H3,(H,26,27,29)/t20-,22?/m0/s1. The van der Waals surface area contributed by atoms with Gasteiger partial charge in [0.05, 0.1) is 12.0 Å². The molecule has 6 nitrogen and oxygen atoms in total. The van der Waals surface area contributed by atoms with E-state index in [1.54, 1.807) is 11.1 Å². The maximum Gasteiger partial charge on any atom is 0.410 e. The fourth-order valence-electron chi connectivity index (χ4n) is 4.03. The fourth-order valence-corrected chi connectivity index (χ4v) is 4.03. The zero-order chi connectivity index (χ0) is 22.0. The molecule has 4 rings (SSSR count). The predicted molar refractivity (Wildman–Crippen MR) is 121 cm³/mol. The molecule has 1 aromatic heterocycles. The van der Waals surface area contributed by atoms with Gasteiger partial charge in [0.1, 0.15) is 11.4 Å². The number of carbonyl (C=O) groups is 2. The van der Waals surface area contributed by atoms with Crippen molar-refractivity contribution >= 4 is 28.6 Å². The van der Waals surface area contributed by atoms with E-state index in [0.717, 1.165) is 16.3 Å². The third-order valence-electron chi connectivity index (χ3n) is 5.39. The topological polar surface area (TPSA) is 71.5 Å². The molecule has 0 aliphatic carbocycles. The van der Waals surface area contributed by atoms with Gasteiger partial charge in [-0.3, -0.25) is 4.79 Å². The minimum atomic E-state index is -0.603. The summed E-state index contributed by atoms with van der Waals surface area (Å²) < 4.78 is 5.61. The molecule has 3 aromatic rings. The highest BCUT2D eigenvalue weighted by Gasteiger charge is 2.43. The number of rotatable bonds is 3. The Morgan fingerprint density at radius 2 is 1.71 bits per heavy atom. The van der Waals surface area contributed by atoms with Crippen LogP contribution in [0.25, 0.3) is 10.8 Å². The van der Waals surface area contributed by atoms with Crippen LogP contribution in [0.4, 0.5) is 10.6 Å². The van der Waals surface area contributed by atoms with E-state index in [1.807, 2.05) is 81.4 Å². The number of anilines is 1. The van der Waals surface area contributed by atoms with Crippen molar-refractivity contribution < 1.29 is 14.3 Å². The van der Waals surface area contributed by atoms with E-state index in [9.17, 15) is 9.59 Å². The zero-order valence-corrected chi connectivity index (χ0v) is 18.0. The molecule has 2 atom stereocenters. The fraction of sp³-hybridized carbons (Fsp3) is 0.320. The van der Waals surface area contributed by atoms with Crippen molar-refractivity contribution in [2.45, 2.75) is 38.8 Å². The first-order valence-electron chi connectivity index (χ1n) is 10.5. The molecule has 0 bridgehead atoms. The van der Waals surface area contributed by atoms with Crippen molar-refractivity contribution in [1.82, 2.24) is 9.88 Å². The van der Waals surface area contributed by atoms with Crippen LogP contribution >= 0.6 is 0 Å². The largest absolute Gasteiger partial charge is 0.444 e. The van der Waals surface area contributed by atoms with E-state index in [2.05, 4.69) is 10.3 Å². The molecule has 1 fully saturated rings. The summed E-state index contributed by atoms with van der Waals surface area (Å²) in [6.07, 6.45) is 1.90. The highest BCUT2D eigenvalue weighted by Crippen LogP contribution is 2.39. The molecule has 160 valence electrons. The molecule has 6 heteroatoms. The summed E-state index contributed by atoms with van der Waals surface area (Å²) in [5.74, 6) is -0.0443. The van der Waals surface area contributed by atoms with E-state index in [-0.39, 0.29) is 5.91 Å². The molecule has 2 heterocycles. The van der Waals surface area contributed by atoms with Gasteiger partial charge in [-0.15, -0.1) is 0 Å². The number of hydrogen-bond acceptors (Lipinski definition) is 4. The third kappa shape index (κ3) is 4.68. The first kappa shape index (κ1) is 20.8. The summed E-state index contributed by atoms with van der Waals surface area (Å²) in [5.41, 5.74) is 0.311. The highest BCUT2D eigenvalue weighted by molar-refractivity contribution is 5.95. The number of hydrogen-bond donors (Lipinski definition) is 1. The molecule has 0 saturated carbocycles. The van der Waals surface area contributed by atoms with Gasteiger partial charge < -0.3 is 15.0 Å². The lowest BCUT2D eigenvalue weighted by atomic mass is 9.93. The number of ether oxygens (including phenoxy) is 1. The van der Waals surface area contributed by atoms with Gasteiger partial charge in [-0.2, -0.15) is 0 Å². The molecule has 2 amide bonds. The second-order valence-corrected chi connectivity index (χ2v) is 8.83. The van der Waals surface area contributed by atoms with E-state index in [4.69, 9.17) is 4.74 Å². The quantitative estimate of drug-likeness (QED) is 0.638. The summed E-state index contributed by atoms with van der Waals surface area (Å²) in [5, 5.41) is 4.98. The van der Waals surface area contributed by atoms with Crippen LogP contribution in [0.3, 0.4) is 0 Å². The van der Waals surface area contributed by atoms with Crippen molar-refractivity contribution in [3.63, 3.8) is 0 Å². The lowest BCUT2D eigenvalue weighted by Gasteiger charge is -2.30. The Hall–Kier alpha value is -3.41. The van der Waals surface area contributed by atoms with Gasteiger partial charge in [0.25, 0.3) is 0 Å². The van der Waals surface area contributed by atoms with Crippen molar-refractivity contribution in [3.05, 3.63) is 72.4 Å². The van der Waals surface area contributed by atoms with Crippen LogP contribution < -0.4 is 5.32 Å². The Balaban J connectivity index is 1.59. The van der Waals surface area contributed by atoms with Crippen LogP contribution in [-0.2, 0) is 9.53 Å². The van der Waals surface area contributed by atoms with Gasteiger partial charge in [-0.05, 0) is 44.2 Å². The number of nitrogens with zero attached hydrogens (tertiary/aromatic N) is 2. The predicted octanol–water partition coefficient (Wildman–Crippen LogP) is 5.17. The maximum absolute atomic E-state index is 13.3. The molecule has 0 radical (unpaired) electrons. The van der Waals surface area contributed by atoms with Crippen LogP contribution in [0.1, 0.15) is 38.8 Å². The monoisotopic (exact) mass is 417 g/mol. The van der Waals surface area contributed by atoms with Crippen LogP contribution in [0.5, 0.6) is 0 Å². The average Bonchev–Trinajstić information content (AvgIpc) is 3.19. The molecule has 1 unspecified atom stereocenters. The smallest absolute Gasteiger partial charge is 0.410 e. The number of benzene rings is 2. The lowest BCUT2D eigenvalue weighted by molar-refractivity contribution is -0.120. The van der Waals surface area contributed by atoms with Gasteiger partial charge in [0.2, 0.25) is 5.91 Å². The van der Waals surface area contributed by atoms with Crippen LogP contribution in [0.15, 0.2) is 66.9 Å². The molecule has 0 spiro atoms. The molecule has 1 N–H and O–H groups in total. The number of amides is 2. The first-order valence-corrected chi connectivity index (χ1v) is 10.5. The SMILES string of the molecule is CC(C)(C)OC(=O)N1CC[C@H](C(=O)Nc2cc3ccccc3cn2)C1c1ccccc1. The minimum Gasteiger partial charge on any atom is -0.444 e. The van der Waals surface area contributed by atoms with E-state index >= 15 is 0 Å². The van der Waals surface area contributed by atoms with Gasteiger partial charge in [-0.1, -0.05) is 54.6 Å². The Morgan fingerprint density at radius 3 is 2.42 bits per heavy atom. The van der Waals surface area contributed by atoms with Crippen molar-refractivity contribution in [3.8, 4) is 0 Å². The summed E-state index contributed by atoms with van der Waals surface area (Å²) in [7, 11) is 0.